The third-order valence-electron chi connectivity index (χ3n) is 6.23. The predicted molar refractivity (Wildman–Crippen MR) is 153 cm³/mol. The van der Waals surface area contributed by atoms with Gasteiger partial charge in [0.25, 0.3) is 0 Å². The van der Waals surface area contributed by atoms with Crippen LogP contribution in [0.3, 0.4) is 0 Å². The van der Waals surface area contributed by atoms with Gasteiger partial charge in [0.15, 0.2) is 11.5 Å². The molecule has 0 bridgehead atoms. The van der Waals surface area contributed by atoms with Crippen molar-refractivity contribution in [2.24, 2.45) is 5.92 Å². The number of ketones is 2. The first-order valence-electron chi connectivity index (χ1n) is 12.6. The Balaban J connectivity index is 0.000000377. The molecule has 0 aliphatic heterocycles. The monoisotopic (exact) mass is 595 g/mol. The quantitative estimate of drug-likeness (QED) is 0.200. The first-order chi connectivity index (χ1) is 20.3. The van der Waals surface area contributed by atoms with Gasteiger partial charge in [-0.15, -0.1) is 0 Å². The Labute approximate surface area is 242 Å². The highest BCUT2D eigenvalue weighted by Gasteiger charge is 2.36. The van der Waals surface area contributed by atoms with Gasteiger partial charge in [0, 0.05) is 34.0 Å². The molecule has 9 nitrogen and oxygen atoms in total. The molecule has 2 aromatic heterocycles. The van der Waals surface area contributed by atoms with Crippen molar-refractivity contribution in [3.63, 3.8) is 0 Å². The fourth-order valence-corrected chi connectivity index (χ4v) is 5.70. The number of benzene rings is 2. The maximum atomic E-state index is 13.3. The number of alkyl halides is 2. The number of nitrogens with zero attached hydrogens (tertiary/aromatic N) is 2. The van der Waals surface area contributed by atoms with Crippen LogP contribution in [0.2, 0.25) is 0 Å². The number of fused-ring (bicyclic) bond motifs is 1. The Morgan fingerprint density at radius 1 is 1.02 bits per heavy atom. The van der Waals surface area contributed by atoms with Gasteiger partial charge in [-0.2, -0.15) is 13.9 Å². The largest absolute Gasteiger partial charge is 0.493 e. The van der Waals surface area contributed by atoms with E-state index in [2.05, 4.69) is 19.9 Å². The molecule has 1 N–H and O–H groups in total. The van der Waals surface area contributed by atoms with Gasteiger partial charge in [-0.1, -0.05) is 54.6 Å². The molecular weight excluding hydrogens is 568 g/mol. The number of hydrogen-bond acceptors (Lipinski definition) is 8. The molecule has 5 rings (SSSR count). The predicted octanol–water partition coefficient (Wildman–Crippen LogP) is 5.04. The SMILES string of the molecule is COc1ccnc(CS(=O)C2C=CC(OC(F)F)=CC2C(=O)C(=O)c2ccccc2)c1OC.c1ccc2[nH]ncc2c1. The number of H-pyrrole nitrogens is 1. The topological polar surface area (TPSA) is 120 Å². The van der Waals surface area contributed by atoms with E-state index >= 15 is 0 Å². The molecule has 3 unspecified atom stereocenters. The van der Waals surface area contributed by atoms with Gasteiger partial charge in [-0.25, -0.2) is 0 Å². The molecule has 0 saturated heterocycles. The van der Waals surface area contributed by atoms with Gasteiger partial charge in [-0.3, -0.25) is 23.9 Å². The fourth-order valence-electron chi connectivity index (χ4n) is 4.24. The van der Waals surface area contributed by atoms with E-state index in [0.717, 1.165) is 17.0 Å². The summed E-state index contributed by atoms with van der Waals surface area (Å²) in [5.74, 6) is -2.71. The number of methoxy groups -OCH3 is 2. The molecule has 0 amide bonds. The summed E-state index contributed by atoms with van der Waals surface area (Å²) in [5.41, 5.74) is 1.56. The number of nitrogens with one attached hydrogen (secondary N) is 1. The summed E-state index contributed by atoms with van der Waals surface area (Å²) in [5, 5.41) is 6.93. The second-order valence-corrected chi connectivity index (χ2v) is 10.4. The Kier molecular flexibility index (Phi) is 10.3. The summed E-state index contributed by atoms with van der Waals surface area (Å²) in [6, 6.07) is 17.4. The molecule has 4 aromatic rings. The Bertz CT molecular complexity index is 1590. The molecule has 0 saturated carbocycles. The second kappa shape index (κ2) is 14.3. The normalized spacial score (nSPS) is 16.6. The maximum absolute atomic E-state index is 13.3. The van der Waals surface area contributed by atoms with Crippen molar-refractivity contribution in [1.82, 2.24) is 15.2 Å². The number of hydrogen-bond donors (Lipinski definition) is 1. The van der Waals surface area contributed by atoms with E-state index in [0.29, 0.717) is 11.4 Å². The van der Waals surface area contributed by atoms with E-state index in [-0.39, 0.29) is 22.8 Å². The Hall–Kier alpha value is -4.71. The summed E-state index contributed by atoms with van der Waals surface area (Å²) >= 11 is 0. The van der Waals surface area contributed by atoms with Crippen LogP contribution < -0.4 is 9.47 Å². The van der Waals surface area contributed by atoms with Gasteiger partial charge >= 0.3 is 6.61 Å². The van der Waals surface area contributed by atoms with Gasteiger partial charge in [0.2, 0.25) is 11.6 Å². The number of para-hydroxylation sites is 1. The molecule has 0 spiro atoms. The van der Waals surface area contributed by atoms with E-state index in [1.807, 2.05) is 30.5 Å². The van der Waals surface area contributed by atoms with Crippen molar-refractivity contribution >= 4 is 33.3 Å². The first kappa shape index (κ1) is 30.3. The van der Waals surface area contributed by atoms with Crippen LogP contribution in [0.15, 0.2) is 97.0 Å². The van der Waals surface area contributed by atoms with Crippen LogP contribution in [0.25, 0.3) is 10.9 Å². The number of rotatable bonds is 10. The minimum Gasteiger partial charge on any atom is -0.493 e. The number of aromatic nitrogens is 3. The number of carbonyl (C=O) groups is 2. The Morgan fingerprint density at radius 2 is 1.76 bits per heavy atom. The van der Waals surface area contributed by atoms with E-state index in [1.165, 1.54) is 44.7 Å². The van der Waals surface area contributed by atoms with Crippen LogP contribution in [-0.4, -0.2) is 57.0 Å². The minimum atomic E-state index is -3.12. The zero-order valence-electron chi connectivity index (χ0n) is 22.6. The van der Waals surface area contributed by atoms with Crippen LogP contribution in [0, 0.1) is 5.92 Å². The van der Waals surface area contributed by atoms with E-state index in [4.69, 9.17) is 9.47 Å². The van der Waals surface area contributed by atoms with Crippen molar-refractivity contribution in [2.45, 2.75) is 17.6 Å². The lowest BCUT2D eigenvalue weighted by Gasteiger charge is -2.24. The molecule has 2 heterocycles. The van der Waals surface area contributed by atoms with Crippen LogP contribution >= 0.6 is 0 Å². The molecule has 42 heavy (non-hydrogen) atoms. The molecule has 12 heteroatoms. The minimum absolute atomic E-state index is 0.127. The highest BCUT2D eigenvalue weighted by molar-refractivity contribution is 7.85. The summed E-state index contributed by atoms with van der Waals surface area (Å²) < 4.78 is 53.7. The van der Waals surface area contributed by atoms with Gasteiger partial charge in [-0.05, 0) is 18.2 Å². The van der Waals surface area contributed by atoms with Crippen LogP contribution in [0.5, 0.6) is 11.5 Å². The number of halogens is 2. The van der Waals surface area contributed by atoms with Gasteiger partial charge in [0.1, 0.15) is 5.76 Å². The first-order valence-corrected chi connectivity index (χ1v) is 14.0. The Morgan fingerprint density at radius 3 is 2.45 bits per heavy atom. The lowest BCUT2D eigenvalue weighted by molar-refractivity contribution is -0.117. The fraction of sp³-hybridized carbons (Fsp3) is 0.200. The molecule has 0 fully saturated rings. The second-order valence-electron chi connectivity index (χ2n) is 8.83. The van der Waals surface area contributed by atoms with Crippen LogP contribution in [-0.2, 0) is 26.1 Å². The molecule has 1 aliphatic carbocycles. The number of ether oxygens (including phenoxy) is 3. The van der Waals surface area contributed by atoms with Crippen LogP contribution in [0.1, 0.15) is 16.1 Å². The lowest BCUT2D eigenvalue weighted by atomic mass is 9.90. The van der Waals surface area contributed by atoms with Crippen molar-refractivity contribution in [1.29, 1.82) is 0 Å². The zero-order valence-corrected chi connectivity index (χ0v) is 23.4. The van der Waals surface area contributed by atoms with Gasteiger partial charge < -0.3 is 14.2 Å². The number of allylic oxidation sites excluding steroid dienone is 2. The number of carbonyl (C=O) groups excluding carboxylic acids is 2. The van der Waals surface area contributed by atoms with Crippen molar-refractivity contribution in [3.8, 4) is 11.5 Å². The average molecular weight is 596 g/mol. The van der Waals surface area contributed by atoms with E-state index in [9.17, 15) is 22.6 Å². The molecular formula is C30H27F2N3O6S. The van der Waals surface area contributed by atoms with Crippen molar-refractivity contribution in [2.75, 3.05) is 14.2 Å². The van der Waals surface area contributed by atoms with E-state index in [1.54, 1.807) is 24.3 Å². The zero-order chi connectivity index (χ0) is 30.1. The number of Topliss-reactive ketones (excluding diaryl/α,β-unsaturated/α-hetero) is 2. The number of aromatic amines is 1. The molecule has 3 atom stereocenters. The molecule has 2 aromatic carbocycles. The van der Waals surface area contributed by atoms with Crippen LogP contribution in [0.4, 0.5) is 8.78 Å². The van der Waals surface area contributed by atoms with E-state index < -0.39 is 40.1 Å². The van der Waals surface area contributed by atoms with Crippen molar-refractivity contribution < 1.29 is 36.8 Å². The smallest absolute Gasteiger partial charge is 0.387 e. The lowest BCUT2D eigenvalue weighted by Crippen LogP contribution is -2.36. The third kappa shape index (κ3) is 7.32. The van der Waals surface area contributed by atoms with Crippen molar-refractivity contribution in [3.05, 3.63) is 108 Å². The third-order valence-corrected chi connectivity index (χ3v) is 7.85. The molecule has 218 valence electrons. The molecule has 0 radical (unpaired) electrons. The maximum Gasteiger partial charge on any atom is 0.387 e. The standard InChI is InChI=1S/C23H21F2NO6S.C7H6N2/c1-30-18-10-11-26-17(22(18)31-2)13-33(29)19-9-8-15(32-23(24)25)12-16(19)21(28)20(27)14-6-4-3-5-7-14;1-2-4-7-6(3-1)5-8-9-7/h3-12,16,19,23H,13H2,1-2H3;1-5H,(H,8,9). The van der Waals surface area contributed by atoms with Gasteiger partial charge in [0.05, 0.1) is 48.5 Å². The highest BCUT2D eigenvalue weighted by atomic mass is 32.2. The average Bonchev–Trinajstić information content (AvgIpc) is 3.49. The summed E-state index contributed by atoms with van der Waals surface area (Å²) in [6.07, 6.45) is 6.92. The molecule has 1 aliphatic rings. The highest BCUT2D eigenvalue weighted by Crippen LogP contribution is 2.32. The number of pyridine rings is 1. The summed E-state index contributed by atoms with van der Waals surface area (Å²) in [4.78, 5) is 30.0. The summed E-state index contributed by atoms with van der Waals surface area (Å²) in [7, 11) is 1.08. The summed E-state index contributed by atoms with van der Waals surface area (Å²) in [6.45, 7) is -3.12.